The van der Waals surface area contributed by atoms with Crippen LogP contribution in [-0.4, -0.2) is 31.3 Å². The first-order valence-corrected chi connectivity index (χ1v) is 5.21. The van der Waals surface area contributed by atoms with Crippen molar-refractivity contribution in [2.24, 2.45) is 0 Å². The van der Waals surface area contributed by atoms with Gasteiger partial charge in [0.1, 0.15) is 0 Å². The molecule has 1 aromatic carbocycles. The van der Waals surface area contributed by atoms with Gasteiger partial charge in [0, 0.05) is 20.2 Å². The van der Waals surface area contributed by atoms with E-state index in [1.165, 1.54) is 0 Å². The van der Waals surface area contributed by atoms with E-state index in [0.717, 1.165) is 24.2 Å². The van der Waals surface area contributed by atoms with Gasteiger partial charge in [0.25, 0.3) is 0 Å². The Labute approximate surface area is 95.2 Å². The lowest BCUT2D eigenvalue weighted by Gasteiger charge is -2.05. The number of carbonyl (C=O) groups is 1. The highest BCUT2D eigenvalue weighted by atomic mass is 16.5. The molecule has 0 saturated heterocycles. The van der Waals surface area contributed by atoms with Gasteiger partial charge in [-0.05, 0) is 11.1 Å². The number of carboxylic acids is 1. The molecule has 4 heteroatoms. The number of rotatable bonds is 7. The number of benzene rings is 1. The summed E-state index contributed by atoms with van der Waals surface area (Å²) in [5.74, 6) is -0.800. The number of aliphatic carboxylic acids is 1. The second-order valence-electron chi connectivity index (χ2n) is 3.56. The predicted octanol–water partition coefficient (Wildman–Crippen LogP) is 1.05. The van der Waals surface area contributed by atoms with E-state index in [2.05, 4.69) is 5.32 Å². The van der Waals surface area contributed by atoms with Crippen molar-refractivity contribution in [2.45, 2.75) is 13.0 Å². The van der Waals surface area contributed by atoms with Crippen LogP contribution in [0.3, 0.4) is 0 Å². The summed E-state index contributed by atoms with van der Waals surface area (Å²) in [6, 6.07) is 7.58. The van der Waals surface area contributed by atoms with E-state index in [1.54, 1.807) is 7.11 Å². The van der Waals surface area contributed by atoms with E-state index in [4.69, 9.17) is 9.84 Å². The molecule has 0 aliphatic heterocycles. The zero-order chi connectivity index (χ0) is 11.8. The van der Waals surface area contributed by atoms with Gasteiger partial charge in [-0.1, -0.05) is 24.3 Å². The SMILES string of the molecule is COCCNCc1ccc(CC(=O)O)cc1. The van der Waals surface area contributed by atoms with Gasteiger partial charge in [-0.2, -0.15) is 0 Å². The Morgan fingerprint density at radius 1 is 1.31 bits per heavy atom. The molecule has 1 rings (SSSR count). The molecule has 0 atom stereocenters. The summed E-state index contributed by atoms with van der Waals surface area (Å²) < 4.78 is 4.91. The lowest BCUT2D eigenvalue weighted by atomic mass is 10.1. The normalized spacial score (nSPS) is 10.3. The van der Waals surface area contributed by atoms with Crippen LogP contribution in [0, 0.1) is 0 Å². The van der Waals surface area contributed by atoms with E-state index in [9.17, 15) is 4.79 Å². The van der Waals surface area contributed by atoms with Crippen molar-refractivity contribution in [3.63, 3.8) is 0 Å². The highest BCUT2D eigenvalue weighted by Gasteiger charge is 1.99. The lowest BCUT2D eigenvalue weighted by molar-refractivity contribution is -0.136. The first-order valence-electron chi connectivity index (χ1n) is 5.21. The van der Waals surface area contributed by atoms with Crippen molar-refractivity contribution in [1.29, 1.82) is 0 Å². The van der Waals surface area contributed by atoms with Crippen molar-refractivity contribution in [3.8, 4) is 0 Å². The minimum Gasteiger partial charge on any atom is -0.481 e. The van der Waals surface area contributed by atoms with Crippen molar-refractivity contribution in [3.05, 3.63) is 35.4 Å². The summed E-state index contributed by atoms with van der Waals surface area (Å²) in [5, 5.41) is 11.8. The number of ether oxygens (including phenoxy) is 1. The smallest absolute Gasteiger partial charge is 0.307 e. The van der Waals surface area contributed by atoms with Crippen LogP contribution in [0.4, 0.5) is 0 Å². The summed E-state index contributed by atoms with van der Waals surface area (Å²) in [6.07, 6.45) is 0.0807. The molecule has 16 heavy (non-hydrogen) atoms. The second-order valence-corrected chi connectivity index (χ2v) is 3.56. The van der Waals surface area contributed by atoms with Gasteiger partial charge in [-0.3, -0.25) is 4.79 Å². The molecular formula is C12H17NO3. The molecule has 4 nitrogen and oxygen atoms in total. The topological polar surface area (TPSA) is 58.6 Å². The first kappa shape index (κ1) is 12.7. The maximum Gasteiger partial charge on any atom is 0.307 e. The Kier molecular flexibility index (Phi) is 5.53. The summed E-state index contributed by atoms with van der Waals surface area (Å²) in [6.45, 7) is 2.28. The molecule has 0 heterocycles. The molecule has 0 bridgehead atoms. The van der Waals surface area contributed by atoms with Crippen molar-refractivity contribution < 1.29 is 14.6 Å². The van der Waals surface area contributed by atoms with Crippen LogP contribution in [0.1, 0.15) is 11.1 Å². The van der Waals surface area contributed by atoms with E-state index in [0.29, 0.717) is 6.61 Å². The van der Waals surface area contributed by atoms with Gasteiger partial charge in [0.15, 0.2) is 0 Å². The van der Waals surface area contributed by atoms with Gasteiger partial charge in [0.2, 0.25) is 0 Å². The van der Waals surface area contributed by atoms with E-state index in [1.807, 2.05) is 24.3 Å². The fourth-order valence-corrected chi connectivity index (χ4v) is 1.36. The standard InChI is InChI=1S/C12H17NO3/c1-16-7-6-13-9-11-4-2-10(3-5-11)8-12(14)15/h2-5,13H,6-9H2,1H3,(H,14,15). The van der Waals surface area contributed by atoms with Crippen LogP contribution in [0.5, 0.6) is 0 Å². The van der Waals surface area contributed by atoms with Gasteiger partial charge < -0.3 is 15.2 Å². The van der Waals surface area contributed by atoms with Crippen molar-refractivity contribution in [1.82, 2.24) is 5.32 Å². The molecule has 1 aromatic rings. The third kappa shape index (κ3) is 4.91. The number of hydrogen-bond donors (Lipinski definition) is 2. The molecule has 0 amide bonds. The summed E-state index contributed by atoms with van der Waals surface area (Å²) in [5.41, 5.74) is 1.97. The Morgan fingerprint density at radius 2 is 1.94 bits per heavy atom. The number of methoxy groups -OCH3 is 1. The van der Waals surface area contributed by atoms with Crippen molar-refractivity contribution in [2.75, 3.05) is 20.3 Å². The third-order valence-corrected chi connectivity index (χ3v) is 2.19. The number of nitrogens with one attached hydrogen (secondary N) is 1. The zero-order valence-corrected chi connectivity index (χ0v) is 9.40. The lowest BCUT2D eigenvalue weighted by Crippen LogP contribution is -2.18. The Morgan fingerprint density at radius 3 is 2.50 bits per heavy atom. The highest BCUT2D eigenvalue weighted by molar-refractivity contribution is 5.70. The monoisotopic (exact) mass is 223 g/mol. The fourth-order valence-electron chi connectivity index (χ4n) is 1.36. The molecule has 88 valence electrons. The summed E-state index contributed by atoms with van der Waals surface area (Å²) >= 11 is 0. The van der Waals surface area contributed by atoms with Crippen LogP contribution in [-0.2, 0) is 22.5 Å². The third-order valence-electron chi connectivity index (χ3n) is 2.19. The number of hydrogen-bond acceptors (Lipinski definition) is 3. The quantitative estimate of drug-likeness (QED) is 0.678. The highest BCUT2D eigenvalue weighted by Crippen LogP contribution is 2.04. The van der Waals surface area contributed by atoms with E-state index < -0.39 is 5.97 Å². The fraction of sp³-hybridized carbons (Fsp3) is 0.417. The molecule has 0 fully saturated rings. The molecule has 2 N–H and O–H groups in total. The van der Waals surface area contributed by atoms with Crippen LogP contribution in [0.15, 0.2) is 24.3 Å². The zero-order valence-electron chi connectivity index (χ0n) is 9.40. The van der Waals surface area contributed by atoms with Gasteiger partial charge >= 0.3 is 5.97 Å². The molecule has 0 aliphatic carbocycles. The maximum atomic E-state index is 10.5. The van der Waals surface area contributed by atoms with Gasteiger partial charge in [0.05, 0.1) is 13.0 Å². The van der Waals surface area contributed by atoms with E-state index >= 15 is 0 Å². The molecule has 0 aliphatic rings. The van der Waals surface area contributed by atoms with Crippen LogP contribution in [0.2, 0.25) is 0 Å². The average Bonchev–Trinajstić information content (AvgIpc) is 2.26. The first-order chi connectivity index (χ1) is 7.72. The number of carboxylic acid groups (broad SMARTS) is 1. The summed E-state index contributed by atoms with van der Waals surface area (Å²) in [4.78, 5) is 10.5. The van der Waals surface area contributed by atoms with E-state index in [-0.39, 0.29) is 6.42 Å². The summed E-state index contributed by atoms with van der Waals surface area (Å²) in [7, 11) is 1.67. The largest absolute Gasteiger partial charge is 0.481 e. The van der Waals surface area contributed by atoms with Crippen LogP contribution < -0.4 is 5.32 Å². The molecule has 0 saturated carbocycles. The minimum absolute atomic E-state index is 0.0807. The Hall–Kier alpha value is -1.39. The Bertz CT molecular complexity index is 322. The van der Waals surface area contributed by atoms with Gasteiger partial charge in [-0.25, -0.2) is 0 Å². The second kappa shape index (κ2) is 6.98. The molecule has 0 spiro atoms. The molecular weight excluding hydrogens is 206 g/mol. The van der Waals surface area contributed by atoms with Gasteiger partial charge in [-0.15, -0.1) is 0 Å². The minimum atomic E-state index is -0.800. The van der Waals surface area contributed by atoms with Crippen molar-refractivity contribution >= 4 is 5.97 Å². The van der Waals surface area contributed by atoms with Crippen LogP contribution in [0.25, 0.3) is 0 Å². The van der Waals surface area contributed by atoms with Crippen LogP contribution >= 0.6 is 0 Å². The molecule has 0 aromatic heterocycles. The Balaban J connectivity index is 2.36. The molecule has 0 unspecified atom stereocenters. The average molecular weight is 223 g/mol. The maximum absolute atomic E-state index is 10.5. The molecule has 0 radical (unpaired) electrons. The predicted molar refractivity (Wildman–Crippen MR) is 61.4 cm³/mol.